The number of carbonyl (C=O) groups is 1. The van der Waals surface area contributed by atoms with Crippen molar-refractivity contribution in [3.8, 4) is 0 Å². The van der Waals surface area contributed by atoms with E-state index in [4.69, 9.17) is 0 Å². The first-order valence-corrected chi connectivity index (χ1v) is 7.79. The zero-order valence-electron chi connectivity index (χ0n) is 13.6. The van der Waals surface area contributed by atoms with Crippen molar-refractivity contribution in [1.82, 2.24) is 25.5 Å². The number of fused-ring (bicyclic) bond motifs is 1. The lowest BCUT2D eigenvalue weighted by Gasteiger charge is -2.11. The fourth-order valence-electron chi connectivity index (χ4n) is 2.61. The number of H-pyrrole nitrogens is 2. The molecule has 0 aliphatic rings. The van der Waals surface area contributed by atoms with E-state index in [0.29, 0.717) is 12.8 Å². The van der Waals surface area contributed by atoms with Crippen LogP contribution in [0.1, 0.15) is 42.3 Å². The molecule has 1 aromatic carbocycles. The van der Waals surface area contributed by atoms with Gasteiger partial charge >= 0.3 is 0 Å². The molecule has 0 aliphatic carbocycles. The fourth-order valence-corrected chi connectivity index (χ4v) is 2.61. The smallest absolute Gasteiger partial charge is 0.220 e. The number of nitrogens with zero attached hydrogens (tertiary/aromatic N) is 2. The first-order chi connectivity index (χ1) is 11.0. The largest absolute Gasteiger partial charge is 0.346 e. The van der Waals surface area contributed by atoms with E-state index < -0.39 is 0 Å². The molecule has 6 heteroatoms. The number of benzene rings is 1. The van der Waals surface area contributed by atoms with Crippen molar-refractivity contribution in [2.24, 2.45) is 0 Å². The normalized spacial score (nSPS) is 12.5. The molecule has 120 valence electrons. The molecule has 1 atom stereocenters. The van der Waals surface area contributed by atoms with E-state index >= 15 is 0 Å². The lowest BCUT2D eigenvalue weighted by Crippen LogP contribution is -2.27. The van der Waals surface area contributed by atoms with Crippen molar-refractivity contribution in [3.63, 3.8) is 0 Å². The minimum Gasteiger partial charge on any atom is -0.346 e. The van der Waals surface area contributed by atoms with Crippen LogP contribution in [0.5, 0.6) is 0 Å². The molecule has 2 aromatic heterocycles. The average molecular weight is 311 g/mol. The van der Waals surface area contributed by atoms with E-state index in [-0.39, 0.29) is 11.9 Å². The van der Waals surface area contributed by atoms with Gasteiger partial charge in [0.2, 0.25) is 5.91 Å². The highest BCUT2D eigenvalue weighted by molar-refractivity contribution is 5.82. The molecular formula is C17H21N5O. The van der Waals surface area contributed by atoms with Gasteiger partial charge in [0.1, 0.15) is 5.82 Å². The molecule has 0 aliphatic heterocycles. The molecule has 1 amide bonds. The molecule has 6 nitrogen and oxygen atoms in total. The molecule has 0 saturated heterocycles. The van der Waals surface area contributed by atoms with E-state index in [1.807, 2.05) is 45.0 Å². The molecule has 3 N–H and O–H groups in total. The number of amides is 1. The summed E-state index contributed by atoms with van der Waals surface area (Å²) in [6, 6.07) is 7.77. The summed E-state index contributed by atoms with van der Waals surface area (Å²) in [6.07, 6.45) is 1.05. The highest BCUT2D eigenvalue weighted by Gasteiger charge is 2.14. The van der Waals surface area contributed by atoms with Crippen LogP contribution in [0.3, 0.4) is 0 Å². The van der Waals surface area contributed by atoms with Gasteiger partial charge in [-0.15, -0.1) is 0 Å². The number of nitrogens with one attached hydrogen (secondary N) is 3. The standard InChI is InChI=1S/C17H21N5O/c1-10-11(2)20-17(19-10)12(3)18-16(23)9-8-15-13-6-4-5-7-14(13)21-22-15/h4-7,12H,8-9H2,1-3H3,(H,18,23)(H,19,20)(H,21,22). The van der Waals surface area contributed by atoms with Gasteiger partial charge in [0.05, 0.1) is 17.3 Å². The third-order valence-corrected chi connectivity index (χ3v) is 4.08. The summed E-state index contributed by atoms with van der Waals surface area (Å²) in [7, 11) is 0. The average Bonchev–Trinajstić information content (AvgIpc) is 3.09. The van der Waals surface area contributed by atoms with Crippen molar-refractivity contribution < 1.29 is 4.79 Å². The molecule has 1 unspecified atom stereocenters. The van der Waals surface area contributed by atoms with Crippen LogP contribution >= 0.6 is 0 Å². The number of aryl methyl sites for hydroxylation is 3. The molecule has 0 saturated carbocycles. The van der Waals surface area contributed by atoms with Crippen molar-refractivity contribution >= 4 is 16.8 Å². The Hall–Kier alpha value is -2.63. The topological polar surface area (TPSA) is 86.5 Å². The van der Waals surface area contributed by atoms with Crippen LogP contribution in [0.25, 0.3) is 10.9 Å². The van der Waals surface area contributed by atoms with Gasteiger partial charge in [0.25, 0.3) is 0 Å². The van der Waals surface area contributed by atoms with Crippen LogP contribution in [0.2, 0.25) is 0 Å². The Morgan fingerprint density at radius 2 is 2.09 bits per heavy atom. The maximum absolute atomic E-state index is 12.2. The molecule has 2 heterocycles. The zero-order valence-corrected chi connectivity index (χ0v) is 13.6. The SMILES string of the molecule is Cc1nc(C(C)NC(=O)CCc2[nH]nc3ccccc23)[nH]c1C. The van der Waals surface area contributed by atoms with Crippen molar-refractivity contribution in [2.45, 2.75) is 39.7 Å². The van der Waals surface area contributed by atoms with Gasteiger partial charge in [0, 0.05) is 23.2 Å². The number of hydrogen-bond donors (Lipinski definition) is 3. The van der Waals surface area contributed by atoms with Gasteiger partial charge in [-0.25, -0.2) is 4.98 Å². The lowest BCUT2D eigenvalue weighted by atomic mass is 10.1. The monoisotopic (exact) mass is 311 g/mol. The third-order valence-electron chi connectivity index (χ3n) is 4.08. The summed E-state index contributed by atoms with van der Waals surface area (Å²) >= 11 is 0. The minimum atomic E-state index is -0.131. The highest BCUT2D eigenvalue weighted by atomic mass is 16.1. The minimum absolute atomic E-state index is 0.00267. The van der Waals surface area contributed by atoms with Gasteiger partial charge in [-0.3, -0.25) is 9.89 Å². The summed E-state index contributed by atoms with van der Waals surface area (Å²) in [4.78, 5) is 19.8. The molecule has 0 radical (unpaired) electrons. The Labute approximate surface area is 134 Å². The Bertz CT molecular complexity index is 813. The van der Waals surface area contributed by atoms with Crippen LogP contribution in [-0.2, 0) is 11.2 Å². The molecule has 3 rings (SSSR count). The number of aromatic nitrogens is 4. The van der Waals surface area contributed by atoms with E-state index in [9.17, 15) is 4.79 Å². The third kappa shape index (κ3) is 3.26. The Morgan fingerprint density at radius 3 is 2.83 bits per heavy atom. The first kappa shape index (κ1) is 15.3. The second-order valence-electron chi connectivity index (χ2n) is 5.84. The maximum atomic E-state index is 12.2. The summed E-state index contributed by atoms with van der Waals surface area (Å²) < 4.78 is 0. The molecule has 3 aromatic rings. The number of aromatic amines is 2. The van der Waals surface area contributed by atoms with Crippen LogP contribution < -0.4 is 5.32 Å². The maximum Gasteiger partial charge on any atom is 0.220 e. The van der Waals surface area contributed by atoms with Crippen LogP contribution in [0.15, 0.2) is 24.3 Å². The van der Waals surface area contributed by atoms with E-state index in [1.54, 1.807) is 0 Å². The lowest BCUT2D eigenvalue weighted by molar-refractivity contribution is -0.121. The Balaban J connectivity index is 1.59. The molecule has 23 heavy (non-hydrogen) atoms. The van der Waals surface area contributed by atoms with E-state index in [1.165, 1.54) is 0 Å². The number of rotatable bonds is 5. The van der Waals surface area contributed by atoms with Crippen molar-refractivity contribution in [1.29, 1.82) is 0 Å². The summed E-state index contributed by atoms with van der Waals surface area (Å²) in [5.74, 6) is 0.795. The van der Waals surface area contributed by atoms with Crippen molar-refractivity contribution in [2.75, 3.05) is 0 Å². The summed E-state index contributed by atoms with van der Waals surface area (Å²) in [6.45, 7) is 5.86. The zero-order chi connectivity index (χ0) is 16.4. The quantitative estimate of drug-likeness (QED) is 0.677. The van der Waals surface area contributed by atoms with Crippen LogP contribution in [0, 0.1) is 13.8 Å². The van der Waals surface area contributed by atoms with Crippen molar-refractivity contribution in [3.05, 3.63) is 47.2 Å². The van der Waals surface area contributed by atoms with E-state index in [0.717, 1.165) is 33.8 Å². The molecule has 0 spiro atoms. The van der Waals surface area contributed by atoms with Gasteiger partial charge in [-0.2, -0.15) is 5.10 Å². The summed E-state index contributed by atoms with van der Waals surface area (Å²) in [5.41, 5.74) is 3.92. The second-order valence-corrected chi connectivity index (χ2v) is 5.84. The Morgan fingerprint density at radius 1 is 1.30 bits per heavy atom. The number of para-hydroxylation sites is 1. The predicted octanol–water partition coefficient (Wildman–Crippen LogP) is 2.71. The van der Waals surface area contributed by atoms with Gasteiger partial charge in [0.15, 0.2) is 0 Å². The van der Waals surface area contributed by atoms with Gasteiger partial charge < -0.3 is 10.3 Å². The predicted molar refractivity (Wildman–Crippen MR) is 89.0 cm³/mol. The molecule has 0 bridgehead atoms. The van der Waals surface area contributed by atoms with Gasteiger partial charge in [-0.05, 0) is 33.3 Å². The first-order valence-electron chi connectivity index (χ1n) is 7.79. The highest BCUT2D eigenvalue weighted by Crippen LogP contribution is 2.17. The number of carbonyl (C=O) groups excluding carboxylic acids is 1. The molecular weight excluding hydrogens is 290 g/mol. The fraction of sp³-hybridized carbons (Fsp3) is 0.353. The number of imidazole rings is 1. The Kier molecular flexibility index (Phi) is 4.14. The number of hydrogen-bond acceptors (Lipinski definition) is 3. The second kappa shape index (κ2) is 6.24. The van der Waals surface area contributed by atoms with Crippen LogP contribution in [0.4, 0.5) is 0 Å². The van der Waals surface area contributed by atoms with Gasteiger partial charge in [-0.1, -0.05) is 18.2 Å². The summed E-state index contributed by atoms with van der Waals surface area (Å²) in [5, 5.41) is 11.3. The molecule has 0 fully saturated rings. The van der Waals surface area contributed by atoms with E-state index in [2.05, 4.69) is 25.5 Å². The van der Waals surface area contributed by atoms with Crippen LogP contribution in [-0.4, -0.2) is 26.1 Å².